The van der Waals surface area contributed by atoms with E-state index in [2.05, 4.69) is 70.0 Å². The number of halogens is 3. The molecule has 0 spiro atoms. The molecule has 5 aromatic rings. The molecule has 5 rings (SSSR count). The molecule has 0 fully saturated rings. The number of hydrazone groups is 1. The molecule has 39 heavy (non-hydrogen) atoms. The van der Waals surface area contributed by atoms with E-state index < -0.39 is 11.9 Å². The summed E-state index contributed by atoms with van der Waals surface area (Å²) in [6.07, 6.45) is 1.44. The Labute approximate surface area is 255 Å². The number of aryl methyl sites for hydroxylation is 1. The van der Waals surface area contributed by atoms with Crippen LogP contribution in [0.4, 0.5) is 0 Å². The quantitative estimate of drug-likeness (QED) is 0.0602. The van der Waals surface area contributed by atoms with Gasteiger partial charge in [-0.2, -0.15) is 5.10 Å². The van der Waals surface area contributed by atoms with Crippen molar-refractivity contribution < 1.29 is 14.3 Å². The molecule has 1 aromatic heterocycles. The lowest BCUT2D eigenvalue weighted by molar-refractivity contribution is 0.0733. The van der Waals surface area contributed by atoms with E-state index in [1.54, 1.807) is 24.3 Å². The van der Waals surface area contributed by atoms with Crippen LogP contribution in [-0.4, -0.2) is 23.1 Å². The summed E-state index contributed by atoms with van der Waals surface area (Å²) >= 11 is 9.18. The standard InChI is InChI=1S/C30H20Br2IN3O3/c1-17-10-12-19(13-11-17)30(38)39-28-20(14-21(31)15-23(28)32)16-34-36-29(37)27-25(18-6-3-2-4-7-18)22-8-5-9-24(33)26(22)35-27/h2-16,35H,1H3,(H,36,37). The van der Waals surface area contributed by atoms with E-state index in [0.717, 1.165) is 35.6 Å². The Bertz CT molecular complexity index is 1730. The van der Waals surface area contributed by atoms with Gasteiger partial charge in [0.2, 0.25) is 0 Å². The topological polar surface area (TPSA) is 83.5 Å². The van der Waals surface area contributed by atoms with Gasteiger partial charge < -0.3 is 9.72 Å². The number of aromatic amines is 1. The van der Waals surface area contributed by atoms with Crippen LogP contribution in [-0.2, 0) is 0 Å². The minimum absolute atomic E-state index is 0.284. The highest BCUT2D eigenvalue weighted by Gasteiger charge is 2.20. The Kier molecular flexibility index (Phi) is 8.29. The molecule has 1 heterocycles. The highest BCUT2D eigenvalue weighted by Crippen LogP contribution is 2.35. The molecule has 0 aliphatic heterocycles. The molecule has 9 heteroatoms. The number of amides is 1. The zero-order chi connectivity index (χ0) is 27.5. The molecule has 0 saturated heterocycles. The first-order chi connectivity index (χ1) is 18.8. The summed E-state index contributed by atoms with van der Waals surface area (Å²) in [4.78, 5) is 29.4. The molecular formula is C30H20Br2IN3O3. The summed E-state index contributed by atoms with van der Waals surface area (Å²) in [5, 5.41) is 5.15. The van der Waals surface area contributed by atoms with Crippen LogP contribution in [0.15, 0.2) is 99.0 Å². The van der Waals surface area contributed by atoms with Crippen molar-refractivity contribution in [1.29, 1.82) is 0 Å². The molecule has 0 saturated carbocycles. The van der Waals surface area contributed by atoms with E-state index in [9.17, 15) is 9.59 Å². The Morgan fingerprint density at radius 3 is 2.46 bits per heavy atom. The number of carbonyl (C=O) groups excluding carboxylic acids is 2. The van der Waals surface area contributed by atoms with Gasteiger partial charge in [0.25, 0.3) is 5.91 Å². The van der Waals surface area contributed by atoms with Gasteiger partial charge in [-0.05, 0) is 81.3 Å². The predicted octanol–water partition coefficient (Wildman–Crippen LogP) is 8.26. The second kappa shape index (κ2) is 11.8. The number of fused-ring (bicyclic) bond motifs is 1. The number of rotatable bonds is 6. The Hall–Kier alpha value is -3.28. The number of nitrogens with one attached hydrogen (secondary N) is 2. The van der Waals surface area contributed by atoms with E-state index >= 15 is 0 Å². The normalized spacial score (nSPS) is 11.2. The smallest absolute Gasteiger partial charge is 0.343 e. The molecule has 0 unspecified atom stereocenters. The Morgan fingerprint density at radius 2 is 1.72 bits per heavy atom. The zero-order valence-corrected chi connectivity index (χ0v) is 25.8. The molecule has 0 atom stereocenters. The lowest BCUT2D eigenvalue weighted by Gasteiger charge is -2.11. The summed E-state index contributed by atoms with van der Waals surface area (Å²) in [5.74, 6) is -0.617. The van der Waals surface area contributed by atoms with Gasteiger partial charge in [-0.1, -0.05) is 76.1 Å². The van der Waals surface area contributed by atoms with Gasteiger partial charge in [0.15, 0.2) is 5.75 Å². The Morgan fingerprint density at radius 1 is 0.974 bits per heavy atom. The largest absolute Gasteiger partial charge is 0.421 e. The van der Waals surface area contributed by atoms with Crippen molar-refractivity contribution in [2.45, 2.75) is 6.92 Å². The van der Waals surface area contributed by atoms with E-state index in [-0.39, 0.29) is 5.75 Å². The molecule has 2 N–H and O–H groups in total. The van der Waals surface area contributed by atoms with E-state index in [1.807, 2.05) is 67.6 Å². The second-order valence-electron chi connectivity index (χ2n) is 8.66. The first-order valence-electron chi connectivity index (χ1n) is 11.8. The van der Waals surface area contributed by atoms with Crippen molar-refractivity contribution in [2.24, 2.45) is 5.10 Å². The fourth-order valence-electron chi connectivity index (χ4n) is 4.10. The number of hydrogen-bond acceptors (Lipinski definition) is 4. The van der Waals surface area contributed by atoms with Crippen LogP contribution >= 0.6 is 54.5 Å². The van der Waals surface area contributed by atoms with E-state index in [1.165, 1.54) is 6.21 Å². The first-order valence-corrected chi connectivity index (χ1v) is 14.4. The van der Waals surface area contributed by atoms with Crippen LogP contribution in [0.5, 0.6) is 5.75 Å². The molecule has 1 amide bonds. The number of carbonyl (C=O) groups is 2. The van der Waals surface area contributed by atoms with Crippen molar-refractivity contribution >= 4 is 83.4 Å². The van der Waals surface area contributed by atoms with Crippen molar-refractivity contribution in [1.82, 2.24) is 10.4 Å². The minimum Gasteiger partial charge on any atom is -0.421 e. The summed E-state index contributed by atoms with van der Waals surface area (Å²) in [6.45, 7) is 1.95. The molecule has 6 nitrogen and oxygen atoms in total. The van der Waals surface area contributed by atoms with Gasteiger partial charge in [-0.3, -0.25) is 4.79 Å². The van der Waals surface area contributed by atoms with E-state index in [4.69, 9.17) is 4.74 Å². The molecule has 0 bridgehead atoms. The second-order valence-corrected chi connectivity index (χ2v) is 11.6. The van der Waals surface area contributed by atoms with Crippen LogP contribution in [0.1, 0.15) is 32.0 Å². The molecular weight excluding hydrogens is 737 g/mol. The maximum absolute atomic E-state index is 13.4. The summed E-state index contributed by atoms with van der Waals surface area (Å²) < 4.78 is 8.02. The molecule has 4 aromatic carbocycles. The third kappa shape index (κ3) is 6.00. The number of para-hydroxylation sites is 1. The maximum Gasteiger partial charge on any atom is 0.343 e. The number of hydrogen-bond donors (Lipinski definition) is 2. The first kappa shape index (κ1) is 27.3. The highest BCUT2D eigenvalue weighted by molar-refractivity contribution is 14.1. The third-order valence-electron chi connectivity index (χ3n) is 5.96. The van der Waals surface area contributed by atoms with Crippen molar-refractivity contribution in [2.75, 3.05) is 0 Å². The molecule has 194 valence electrons. The van der Waals surface area contributed by atoms with Gasteiger partial charge in [0, 0.05) is 24.6 Å². The zero-order valence-electron chi connectivity index (χ0n) is 20.5. The summed E-state index contributed by atoms with van der Waals surface area (Å²) in [7, 11) is 0. The van der Waals surface area contributed by atoms with Crippen LogP contribution in [0.25, 0.3) is 22.0 Å². The van der Waals surface area contributed by atoms with E-state index in [0.29, 0.717) is 21.3 Å². The molecule has 0 aliphatic carbocycles. The van der Waals surface area contributed by atoms with Crippen LogP contribution in [0.3, 0.4) is 0 Å². The predicted molar refractivity (Wildman–Crippen MR) is 169 cm³/mol. The van der Waals surface area contributed by atoms with Crippen molar-refractivity contribution in [3.8, 4) is 16.9 Å². The number of aromatic nitrogens is 1. The number of esters is 1. The van der Waals surface area contributed by atoms with Gasteiger partial charge in [0.1, 0.15) is 5.69 Å². The van der Waals surface area contributed by atoms with Crippen LogP contribution < -0.4 is 10.2 Å². The SMILES string of the molecule is Cc1ccc(C(=O)Oc2c(Br)cc(Br)cc2C=NNC(=O)c2[nH]c3c(I)cccc3c2-c2ccccc2)cc1. The minimum atomic E-state index is -0.503. The third-order valence-corrected chi connectivity index (χ3v) is 7.91. The monoisotopic (exact) mass is 755 g/mol. The summed E-state index contributed by atoms with van der Waals surface area (Å²) in [6, 6.07) is 26.3. The van der Waals surface area contributed by atoms with Crippen molar-refractivity contribution in [3.05, 3.63) is 120 Å². The fraction of sp³-hybridized carbons (Fsp3) is 0.0333. The summed E-state index contributed by atoms with van der Waals surface area (Å²) in [5.41, 5.74) is 7.58. The van der Waals surface area contributed by atoms with Crippen molar-refractivity contribution in [3.63, 3.8) is 0 Å². The van der Waals surface area contributed by atoms with Gasteiger partial charge >= 0.3 is 5.97 Å². The van der Waals surface area contributed by atoms with Gasteiger partial charge in [-0.25, -0.2) is 10.2 Å². The molecule has 0 radical (unpaired) electrons. The fourth-order valence-corrected chi connectivity index (χ4v) is 6.07. The number of nitrogens with zero attached hydrogens (tertiary/aromatic N) is 1. The average molecular weight is 757 g/mol. The van der Waals surface area contributed by atoms with Crippen LogP contribution in [0.2, 0.25) is 0 Å². The highest BCUT2D eigenvalue weighted by atomic mass is 127. The number of benzene rings is 4. The van der Waals surface area contributed by atoms with Crippen LogP contribution in [0, 0.1) is 10.5 Å². The average Bonchev–Trinajstić information content (AvgIpc) is 3.32. The van der Waals surface area contributed by atoms with Gasteiger partial charge in [0.05, 0.1) is 21.8 Å². The number of H-pyrrole nitrogens is 1. The van der Waals surface area contributed by atoms with Gasteiger partial charge in [-0.15, -0.1) is 0 Å². The lowest BCUT2D eigenvalue weighted by atomic mass is 10.0. The number of ether oxygens (including phenoxy) is 1. The lowest BCUT2D eigenvalue weighted by Crippen LogP contribution is -2.19. The molecule has 0 aliphatic rings. The maximum atomic E-state index is 13.4. The Balaban J connectivity index is 1.44.